The number of carbonyl (C=O) groups excluding carboxylic acids is 1. The minimum absolute atomic E-state index is 0.150. The van der Waals surface area contributed by atoms with Crippen molar-refractivity contribution in [1.82, 2.24) is 19.4 Å². The van der Waals surface area contributed by atoms with Gasteiger partial charge in [-0.2, -0.15) is 5.10 Å². The molecule has 0 aliphatic carbocycles. The van der Waals surface area contributed by atoms with Crippen LogP contribution >= 0.6 is 0 Å². The minimum atomic E-state index is -3.65. The lowest BCUT2D eigenvalue weighted by Crippen LogP contribution is -2.26. The van der Waals surface area contributed by atoms with Crippen molar-refractivity contribution in [2.24, 2.45) is 0 Å². The smallest absolute Gasteiger partial charge is 0.251 e. The van der Waals surface area contributed by atoms with E-state index in [9.17, 15) is 13.2 Å². The van der Waals surface area contributed by atoms with Gasteiger partial charge in [0.05, 0.1) is 11.4 Å². The van der Waals surface area contributed by atoms with E-state index < -0.39 is 10.0 Å². The molecule has 0 radical (unpaired) electrons. The van der Waals surface area contributed by atoms with Crippen molar-refractivity contribution >= 4 is 15.9 Å². The topological polar surface area (TPSA) is 84.3 Å². The zero-order valence-electron chi connectivity index (χ0n) is 17.6. The molecule has 0 fully saturated rings. The second-order valence-corrected chi connectivity index (χ2v) is 9.48. The fraction of sp³-hybridized carbons (Fsp3) is 0.273. The van der Waals surface area contributed by atoms with Crippen molar-refractivity contribution in [3.63, 3.8) is 0 Å². The minimum Gasteiger partial charge on any atom is -0.348 e. The van der Waals surface area contributed by atoms with E-state index in [2.05, 4.69) is 10.4 Å². The third-order valence-corrected chi connectivity index (χ3v) is 7.03. The third-order valence-electron chi connectivity index (χ3n) is 5.09. The standard InChI is InChI=1S/C22H26N4O3S/c1-16-12-20(13-21(17(16)2)30(28,29)25(3)4)22(27)23-14-18-8-5-6-9-19(18)15-26-11-7-10-24-26/h5-13H,14-15H2,1-4H3,(H,23,27). The Morgan fingerprint density at radius 3 is 2.43 bits per heavy atom. The summed E-state index contributed by atoms with van der Waals surface area (Å²) >= 11 is 0. The predicted octanol–water partition coefficient (Wildman–Crippen LogP) is 2.73. The first-order valence-electron chi connectivity index (χ1n) is 9.56. The van der Waals surface area contributed by atoms with Crippen LogP contribution in [0.4, 0.5) is 0 Å². The Balaban J connectivity index is 1.82. The van der Waals surface area contributed by atoms with Crippen LogP contribution in [-0.2, 0) is 23.1 Å². The first kappa shape index (κ1) is 21.7. The third kappa shape index (κ3) is 4.60. The zero-order chi connectivity index (χ0) is 21.9. The first-order chi connectivity index (χ1) is 14.2. The normalized spacial score (nSPS) is 11.6. The van der Waals surface area contributed by atoms with Gasteiger partial charge in [-0.15, -0.1) is 0 Å². The van der Waals surface area contributed by atoms with Crippen molar-refractivity contribution in [3.05, 3.63) is 82.7 Å². The molecule has 3 aromatic rings. The van der Waals surface area contributed by atoms with Gasteiger partial charge in [-0.25, -0.2) is 12.7 Å². The van der Waals surface area contributed by atoms with Crippen molar-refractivity contribution < 1.29 is 13.2 Å². The summed E-state index contributed by atoms with van der Waals surface area (Å²) in [6, 6.07) is 12.9. The van der Waals surface area contributed by atoms with Crippen LogP contribution in [0, 0.1) is 13.8 Å². The van der Waals surface area contributed by atoms with Crippen LogP contribution in [0.3, 0.4) is 0 Å². The van der Waals surface area contributed by atoms with Crippen LogP contribution in [-0.4, -0.2) is 42.5 Å². The fourth-order valence-corrected chi connectivity index (χ4v) is 4.37. The summed E-state index contributed by atoms with van der Waals surface area (Å²) in [5.41, 5.74) is 3.75. The monoisotopic (exact) mass is 426 g/mol. The van der Waals surface area contributed by atoms with Crippen LogP contribution in [0.5, 0.6) is 0 Å². The van der Waals surface area contributed by atoms with Gasteiger partial charge in [0, 0.05) is 38.6 Å². The van der Waals surface area contributed by atoms with Crippen LogP contribution in [0.25, 0.3) is 0 Å². The molecular formula is C22H26N4O3S. The van der Waals surface area contributed by atoms with Gasteiger partial charge in [0.2, 0.25) is 10.0 Å². The Morgan fingerprint density at radius 2 is 1.80 bits per heavy atom. The summed E-state index contributed by atoms with van der Waals surface area (Å²) in [5.74, 6) is -0.317. The maximum absolute atomic E-state index is 12.8. The summed E-state index contributed by atoms with van der Waals surface area (Å²) in [7, 11) is -0.686. The summed E-state index contributed by atoms with van der Waals surface area (Å²) < 4.78 is 28.3. The van der Waals surface area contributed by atoms with Gasteiger partial charge in [0.25, 0.3) is 5.91 Å². The molecule has 0 aliphatic heterocycles. The molecule has 0 atom stereocenters. The van der Waals surface area contributed by atoms with Gasteiger partial charge in [-0.1, -0.05) is 24.3 Å². The largest absolute Gasteiger partial charge is 0.348 e. The molecule has 1 aromatic heterocycles. The number of aromatic nitrogens is 2. The van der Waals surface area contributed by atoms with Crippen molar-refractivity contribution in [3.8, 4) is 0 Å². The molecule has 158 valence electrons. The fourth-order valence-electron chi connectivity index (χ4n) is 3.15. The Labute approximate surface area is 177 Å². The highest BCUT2D eigenvalue weighted by molar-refractivity contribution is 7.89. The number of amides is 1. The second kappa shape index (κ2) is 8.81. The second-order valence-electron chi connectivity index (χ2n) is 7.36. The molecule has 8 heteroatoms. The molecule has 1 heterocycles. The van der Waals surface area contributed by atoms with Gasteiger partial charge in [-0.05, 0) is 54.3 Å². The molecule has 1 amide bonds. The van der Waals surface area contributed by atoms with Gasteiger partial charge < -0.3 is 5.32 Å². The lowest BCUT2D eigenvalue weighted by atomic mass is 10.0. The maximum Gasteiger partial charge on any atom is 0.251 e. The lowest BCUT2D eigenvalue weighted by Gasteiger charge is -2.17. The number of nitrogens with one attached hydrogen (secondary N) is 1. The highest BCUT2D eigenvalue weighted by atomic mass is 32.2. The highest BCUT2D eigenvalue weighted by Crippen LogP contribution is 2.23. The number of nitrogens with zero attached hydrogens (tertiary/aromatic N) is 3. The molecule has 0 saturated heterocycles. The number of sulfonamides is 1. The van der Waals surface area contributed by atoms with E-state index in [4.69, 9.17) is 0 Å². The molecule has 0 spiro atoms. The molecule has 3 rings (SSSR count). The molecule has 0 saturated carbocycles. The predicted molar refractivity (Wildman–Crippen MR) is 116 cm³/mol. The SMILES string of the molecule is Cc1cc(C(=O)NCc2ccccc2Cn2cccn2)cc(S(=O)(=O)N(C)C)c1C. The van der Waals surface area contributed by atoms with E-state index in [-0.39, 0.29) is 10.8 Å². The van der Waals surface area contributed by atoms with E-state index in [0.29, 0.717) is 24.2 Å². The summed E-state index contributed by atoms with van der Waals surface area (Å²) in [6.45, 7) is 4.49. The van der Waals surface area contributed by atoms with Crippen LogP contribution in [0.1, 0.15) is 32.6 Å². The first-order valence-corrected chi connectivity index (χ1v) is 11.0. The van der Waals surface area contributed by atoms with Crippen molar-refractivity contribution in [1.29, 1.82) is 0 Å². The maximum atomic E-state index is 12.8. The van der Waals surface area contributed by atoms with Crippen LogP contribution in [0.2, 0.25) is 0 Å². The number of benzene rings is 2. The van der Waals surface area contributed by atoms with Gasteiger partial charge in [0.15, 0.2) is 0 Å². The van der Waals surface area contributed by atoms with Crippen molar-refractivity contribution in [2.45, 2.75) is 31.8 Å². The molecular weight excluding hydrogens is 400 g/mol. The molecule has 0 aliphatic rings. The van der Waals surface area contributed by atoms with Gasteiger partial charge in [-0.3, -0.25) is 9.48 Å². The van der Waals surface area contributed by atoms with Crippen LogP contribution < -0.4 is 5.32 Å². The van der Waals surface area contributed by atoms with E-state index >= 15 is 0 Å². The summed E-state index contributed by atoms with van der Waals surface area (Å²) in [5, 5.41) is 7.14. The highest BCUT2D eigenvalue weighted by Gasteiger charge is 2.23. The van der Waals surface area contributed by atoms with E-state index in [0.717, 1.165) is 21.0 Å². The Morgan fingerprint density at radius 1 is 1.10 bits per heavy atom. The average Bonchev–Trinajstić information content (AvgIpc) is 3.21. The number of hydrogen-bond donors (Lipinski definition) is 1. The van der Waals surface area contributed by atoms with Gasteiger partial charge in [0.1, 0.15) is 0 Å². The number of carbonyl (C=O) groups is 1. The van der Waals surface area contributed by atoms with E-state index in [1.54, 1.807) is 26.1 Å². The molecule has 7 nitrogen and oxygen atoms in total. The molecule has 2 aromatic carbocycles. The molecule has 0 unspecified atom stereocenters. The molecule has 30 heavy (non-hydrogen) atoms. The molecule has 0 bridgehead atoms. The summed E-state index contributed by atoms with van der Waals surface area (Å²) in [4.78, 5) is 13.0. The Bertz CT molecular complexity index is 1150. The quantitative estimate of drug-likeness (QED) is 0.630. The summed E-state index contributed by atoms with van der Waals surface area (Å²) in [6.07, 6.45) is 3.61. The number of aryl methyl sites for hydroxylation is 1. The van der Waals surface area contributed by atoms with Crippen molar-refractivity contribution in [2.75, 3.05) is 14.1 Å². The Kier molecular flexibility index (Phi) is 6.38. The van der Waals surface area contributed by atoms with E-state index in [1.165, 1.54) is 20.2 Å². The molecule has 1 N–H and O–H groups in total. The number of hydrogen-bond acceptors (Lipinski definition) is 4. The average molecular weight is 427 g/mol. The zero-order valence-corrected chi connectivity index (χ0v) is 18.4. The Hall–Kier alpha value is -2.97. The van der Waals surface area contributed by atoms with Gasteiger partial charge >= 0.3 is 0 Å². The van der Waals surface area contributed by atoms with E-state index in [1.807, 2.05) is 41.2 Å². The number of rotatable bonds is 7. The van der Waals surface area contributed by atoms with Crippen LogP contribution in [0.15, 0.2) is 59.8 Å². The lowest BCUT2D eigenvalue weighted by molar-refractivity contribution is 0.0950.